The number of thiophene rings is 1. The molecule has 0 bridgehead atoms. The predicted octanol–water partition coefficient (Wildman–Crippen LogP) is 3.79. The van der Waals surface area contributed by atoms with Crippen LogP contribution in [-0.2, 0) is 4.79 Å². The number of benzene rings is 1. The predicted molar refractivity (Wildman–Crippen MR) is 87.5 cm³/mol. The zero-order valence-electron chi connectivity index (χ0n) is 11.7. The Labute approximate surface area is 132 Å². The lowest BCUT2D eigenvalue weighted by Gasteiger charge is -2.10. The van der Waals surface area contributed by atoms with E-state index in [0.717, 1.165) is 16.8 Å². The topological polar surface area (TPSA) is 58.2 Å². The molecule has 2 rings (SSSR count). The van der Waals surface area contributed by atoms with Crippen LogP contribution in [-0.4, -0.2) is 17.7 Å². The minimum atomic E-state index is -0.330. The number of halogens is 1. The molecule has 2 amide bonds. The van der Waals surface area contributed by atoms with Crippen LogP contribution in [0.3, 0.4) is 0 Å². The van der Waals surface area contributed by atoms with Gasteiger partial charge in [-0.25, -0.2) is 0 Å². The van der Waals surface area contributed by atoms with Crippen molar-refractivity contribution in [3.63, 3.8) is 0 Å². The first-order valence-corrected chi connectivity index (χ1v) is 7.75. The van der Waals surface area contributed by atoms with Gasteiger partial charge in [0, 0.05) is 5.69 Å². The lowest BCUT2D eigenvalue weighted by atomic mass is 10.1. The van der Waals surface area contributed by atoms with Crippen LogP contribution in [0, 0.1) is 13.8 Å². The van der Waals surface area contributed by atoms with Gasteiger partial charge in [-0.2, -0.15) is 0 Å². The van der Waals surface area contributed by atoms with Gasteiger partial charge in [0.1, 0.15) is 10.9 Å². The van der Waals surface area contributed by atoms with Crippen molar-refractivity contribution in [2.75, 3.05) is 16.5 Å². The number of carbonyl (C=O) groups excluding carboxylic acids is 2. The Bertz CT molecular complexity index is 682. The third-order valence-electron chi connectivity index (χ3n) is 2.97. The fraction of sp³-hybridized carbons (Fsp3) is 0.200. The summed E-state index contributed by atoms with van der Waals surface area (Å²) in [4.78, 5) is 23.9. The van der Waals surface area contributed by atoms with Crippen LogP contribution in [0.25, 0.3) is 0 Å². The molecule has 0 spiro atoms. The Balaban J connectivity index is 2.25. The number of anilines is 2. The summed E-state index contributed by atoms with van der Waals surface area (Å²) < 4.78 is 0. The van der Waals surface area contributed by atoms with Gasteiger partial charge in [0.25, 0.3) is 5.91 Å². The number of rotatable bonds is 4. The van der Waals surface area contributed by atoms with Gasteiger partial charge in [-0.05, 0) is 36.4 Å². The normalized spacial score (nSPS) is 10.2. The van der Waals surface area contributed by atoms with Crippen LogP contribution < -0.4 is 10.6 Å². The maximum Gasteiger partial charge on any atom is 0.258 e. The highest BCUT2D eigenvalue weighted by Crippen LogP contribution is 2.29. The number of aryl methyl sites for hydroxylation is 2. The van der Waals surface area contributed by atoms with E-state index in [1.807, 2.05) is 43.5 Å². The largest absolute Gasteiger partial charge is 0.322 e. The molecule has 0 fully saturated rings. The monoisotopic (exact) mass is 322 g/mol. The Morgan fingerprint density at radius 3 is 2.52 bits per heavy atom. The van der Waals surface area contributed by atoms with Crippen LogP contribution in [0.2, 0.25) is 0 Å². The molecule has 0 aliphatic rings. The standard InChI is InChI=1S/C15H15ClN2O2S/c1-9-5-3-4-6-11(9)17-14(20)13-10(2)8-21-15(13)18-12(19)7-16/h3-6,8H,7H2,1-2H3,(H,17,20)(H,18,19). The molecule has 0 aliphatic carbocycles. The number of carbonyl (C=O) groups is 2. The molecule has 4 nitrogen and oxygen atoms in total. The van der Waals surface area contributed by atoms with Crippen molar-refractivity contribution in [3.8, 4) is 0 Å². The molecule has 1 aromatic heterocycles. The molecule has 0 saturated carbocycles. The molecule has 6 heteroatoms. The fourth-order valence-electron chi connectivity index (χ4n) is 1.88. The summed E-state index contributed by atoms with van der Waals surface area (Å²) in [5.74, 6) is -0.716. The van der Waals surface area contributed by atoms with Crippen molar-refractivity contribution in [3.05, 3.63) is 46.3 Å². The van der Waals surface area contributed by atoms with Crippen molar-refractivity contribution in [1.29, 1.82) is 0 Å². The number of para-hydroxylation sites is 1. The summed E-state index contributed by atoms with van der Waals surface area (Å²) in [5, 5.41) is 7.87. The highest BCUT2D eigenvalue weighted by atomic mass is 35.5. The van der Waals surface area contributed by atoms with Crippen LogP contribution in [0.5, 0.6) is 0 Å². The second kappa shape index (κ2) is 6.74. The van der Waals surface area contributed by atoms with Crippen molar-refractivity contribution in [2.24, 2.45) is 0 Å². The molecule has 110 valence electrons. The van der Waals surface area contributed by atoms with Gasteiger partial charge in [-0.1, -0.05) is 18.2 Å². The zero-order chi connectivity index (χ0) is 15.4. The first kappa shape index (κ1) is 15.5. The molecule has 0 radical (unpaired) electrons. The number of nitrogens with one attached hydrogen (secondary N) is 2. The van der Waals surface area contributed by atoms with E-state index in [2.05, 4.69) is 10.6 Å². The van der Waals surface area contributed by atoms with Crippen molar-refractivity contribution in [1.82, 2.24) is 0 Å². The Morgan fingerprint density at radius 1 is 1.14 bits per heavy atom. The smallest absolute Gasteiger partial charge is 0.258 e. The lowest BCUT2D eigenvalue weighted by molar-refractivity contribution is -0.113. The average Bonchev–Trinajstić information content (AvgIpc) is 2.82. The molecule has 1 heterocycles. The maximum absolute atomic E-state index is 12.5. The molecule has 0 saturated heterocycles. The molecule has 1 aromatic carbocycles. The first-order chi connectivity index (χ1) is 10.0. The molecule has 0 aliphatic heterocycles. The van der Waals surface area contributed by atoms with Crippen LogP contribution in [0.1, 0.15) is 21.5 Å². The molecular weight excluding hydrogens is 308 g/mol. The molecule has 2 aromatic rings. The molecule has 0 atom stereocenters. The number of alkyl halides is 1. The Morgan fingerprint density at radius 2 is 1.86 bits per heavy atom. The third kappa shape index (κ3) is 3.62. The van der Waals surface area contributed by atoms with E-state index in [0.29, 0.717) is 10.6 Å². The van der Waals surface area contributed by atoms with Crippen molar-refractivity contribution < 1.29 is 9.59 Å². The number of hydrogen-bond acceptors (Lipinski definition) is 3. The van der Waals surface area contributed by atoms with E-state index >= 15 is 0 Å². The summed E-state index contributed by atoms with van der Waals surface area (Å²) >= 11 is 6.79. The van der Waals surface area contributed by atoms with E-state index < -0.39 is 0 Å². The Kier molecular flexibility index (Phi) is 4.98. The second-order valence-electron chi connectivity index (χ2n) is 4.57. The van der Waals surface area contributed by atoms with E-state index in [1.54, 1.807) is 0 Å². The second-order valence-corrected chi connectivity index (χ2v) is 5.72. The van der Waals surface area contributed by atoms with Crippen molar-refractivity contribution in [2.45, 2.75) is 13.8 Å². The van der Waals surface area contributed by atoms with Gasteiger partial charge in [0.2, 0.25) is 5.91 Å². The van der Waals surface area contributed by atoms with E-state index in [9.17, 15) is 9.59 Å². The maximum atomic E-state index is 12.5. The zero-order valence-corrected chi connectivity index (χ0v) is 13.3. The first-order valence-electron chi connectivity index (χ1n) is 6.33. The Hall–Kier alpha value is -1.85. The summed E-state index contributed by atoms with van der Waals surface area (Å²) in [6.07, 6.45) is 0. The van der Waals surface area contributed by atoms with Crippen LogP contribution in [0.4, 0.5) is 10.7 Å². The summed E-state index contributed by atoms with van der Waals surface area (Å²) in [6.45, 7) is 3.76. The minimum Gasteiger partial charge on any atom is -0.322 e. The minimum absolute atomic E-state index is 0.143. The molecule has 21 heavy (non-hydrogen) atoms. The van der Waals surface area contributed by atoms with Gasteiger partial charge >= 0.3 is 0 Å². The highest BCUT2D eigenvalue weighted by molar-refractivity contribution is 7.15. The van der Waals surface area contributed by atoms with E-state index in [-0.39, 0.29) is 17.7 Å². The average molecular weight is 323 g/mol. The summed E-state index contributed by atoms with van der Waals surface area (Å²) in [6, 6.07) is 7.53. The fourth-order valence-corrected chi connectivity index (χ4v) is 2.90. The quantitative estimate of drug-likeness (QED) is 0.841. The third-order valence-corrected chi connectivity index (χ3v) is 4.23. The van der Waals surface area contributed by atoms with Crippen molar-refractivity contribution >= 4 is 45.4 Å². The van der Waals surface area contributed by atoms with Gasteiger partial charge in [-0.3, -0.25) is 9.59 Å². The molecule has 2 N–H and O–H groups in total. The molecule has 0 unspecified atom stereocenters. The van der Waals surface area contributed by atoms with Gasteiger partial charge in [0.05, 0.1) is 5.56 Å². The van der Waals surface area contributed by atoms with E-state index in [1.165, 1.54) is 11.3 Å². The van der Waals surface area contributed by atoms with Crippen LogP contribution in [0.15, 0.2) is 29.6 Å². The lowest BCUT2D eigenvalue weighted by Crippen LogP contribution is -2.18. The van der Waals surface area contributed by atoms with Gasteiger partial charge in [-0.15, -0.1) is 22.9 Å². The highest BCUT2D eigenvalue weighted by Gasteiger charge is 2.18. The van der Waals surface area contributed by atoms with Gasteiger partial charge < -0.3 is 10.6 Å². The summed E-state index contributed by atoms with van der Waals surface area (Å²) in [5.41, 5.74) is 3.02. The van der Waals surface area contributed by atoms with Crippen LogP contribution >= 0.6 is 22.9 Å². The summed E-state index contributed by atoms with van der Waals surface area (Å²) in [7, 11) is 0. The van der Waals surface area contributed by atoms with E-state index in [4.69, 9.17) is 11.6 Å². The number of hydrogen-bond donors (Lipinski definition) is 2. The number of amides is 2. The van der Waals surface area contributed by atoms with Gasteiger partial charge in [0.15, 0.2) is 0 Å². The SMILES string of the molecule is Cc1ccccc1NC(=O)c1c(C)csc1NC(=O)CCl. The molecular formula is C15H15ClN2O2S.